The summed E-state index contributed by atoms with van der Waals surface area (Å²) in [7, 11) is -2.02. The summed E-state index contributed by atoms with van der Waals surface area (Å²) in [6, 6.07) is 19.6. The minimum Gasteiger partial charge on any atom is -0.497 e. The summed E-state index contributed by atoms with van der Waals surface area (Å²) in [6.45, 7) is 3.32. The Morgan fingerprint density at radius 3 is 2.10 bits per heavy atom. The van der Waals surface area contributed by atoms with E-state index in [2.05, 4.69) is 36.9 Å². The van der Waals surface area contributed by atoms with E-state index < -0.39 is 10.0 Å². The first-order valence-electron chi connectivity index (χ1n) is 9.61. The molecule has 0 bridgehead atoms. The molecular weight excluding hydrogens is 402 g/mol. The molecule has 0 unspecified atom stereocenters. The molecule has 2 aromatic carbocycles. The fraction of sp³-hybridized carbons (Fsp3) is 0.238. The van der Waals surface area contributed by atoms with Crippen molar-refractivity contribution in [1.82, 2.24) is 10.2 Å². The lowest BCUT2D eigenvalue weighted by Crippen LogP contribution is -2.46. The number of nitrogens with zero attached hydrogens (tertiary/aromatic N) is 4. The smallest absolute Gasteiger partial charge is 0.263 e. The number of methoxy groups -OCH3 is 1. The van der Waals surface area contributed by atoms with Crippen molar-refractivity contribution in [3.8, 4) is 5.75 Å². The number of aromatic nitrogens is 2. The lowest BCUT2D eigenvalue weighted by molar-refractivity contribution is 0.415. The van der Waals surface area contributed by atoms with Gasteiger partial charge in [-0.05, 0) is 48.5 Å². The van der Waals surface area contributed by atoms with Crippen LogP contribution in [0.4, 0.5) is 17.3 Å². The average molecular weight is 426 g/mol. The Labute approximate surface area is 176 Å². The highest BCUT2D eigenvalue weighted by Crippen LogP contribution is 2.22. The third-order valence-electron chi connectivity index (χ3n) is 4.98. The fourth-order valence-corrected chi connectivity index (χ4v) is 4.35. The minimum absolute atomic E-state index is 0.186. The maximum absolute atomic E-state index is 12.4. The highest BCUT2D eigenvalue weighted by atomic mass is 32.2. The molecule has 2 heterocycles. The second kappa shape index (κ2) is 8.58. The molecule has 4 rings (SSSR count). The first-order chi connectivity index (χ1) is 14.5. The van der Waals surface area contributed by atoms with Crippen molar-refractivity contribution >= 4 is 27.3 Å². The Morgan fingerprint density at radius 2 is 1.50 bits per heavy atom. The van der Waals surface area contributed by atoms with Gasteiger partial charge in [0.15, 0.2) is 11.6 Å². The molecule has 9 heteroatoms. The molecule has 1 aromatic heterocycles. The van der Waals surface area contributed by atoms with Crippen LogP contribution in [0.3, 0.4) is 0 Å². The molecule has 1 aliphatic heterocycles. The van der Waals surface area contributed by atoms with Crippen LogP contribution in [-0.2, 0) is 10.0 Å². The summed E-state index contributed by atoms with van der Waals surface area (Å²) in [4.78, 5) is 4.64. The van der Waals surface area contributed by atoms with E-state index in [4.69, 9.17) is 4.74 Å². The summed E-state index contributed by atoms with van der Waals surface area (Å²) in [5.41, 5.74) is 1.16. The predicted octanol–water partition coefficient (Wildman–Crippen LogP) is 2.61. The van der Waals surface area contributed by atoms with E-state index in [0.29, 0.717) is 0 Å². The number of anilines is 3. The highest BCUT2D eigenvalue weighted by Gasteiger charge is 2.19. The van der Waals surface area contributed by atoms with Gasteiger partial charge in [0.1, 0.15) is 5.75 Å². The summed E-state index contributed by atoms with van der Waals surface area (Å²) in [5, 5.41) is 8.27. The predicted molar refractivity (Wildman–Crippen MR) is 117 cm³/mol. The number of benzene rings is 2. The molecule has 3 aromatic rings. The zero-order valence-electron chi connectivity index (χ0n) is 16.6. The molecule has 0 atom stereocenters. The Balaban J connectivity index is 1.37. The van der Waals surface area contributed by atoms with Gasteiger partial charge in [-0.3, -0.25) is 4.72 Å². The fourth-order valence-electron chi connectivity index (χ4n) is 3.33. The second-order valence-electron chi connectivity index (χ2n) is 6.87. The van der Waals surface area contributed by atoms with Gasteiger partial charge in [-0.25, -0.2) is 8.42 Å². The van der Waals surface area contributed by atoms with Crippen molar-refractivity contribution in [2.45, 2.75) is 4.90 Å². The van der Waals surface area contributed by atoms with Crippen molar-refractivity contribution in [1.29, 1.82) is 0 Å². The number of hydrogen-bond acceptors (Lipinski definition) is 7. The van der Waals surface area contributed by atoms with Crippen LogP contribution in [0.2, 0.25) is 0 Å². The van der Waals surface area contributed by atoms with Crippen LogP contribution in [0, 0.1) is 0 Å². The zero-order chi connectivity index (χ0) is 21.0. The third-order valence-corrected chi connectivity index (χ3v) is 6.35. The molecule has 0 spiro atoms. The summed E-state index contributed by atoms with van der Waals surface area (Å²) in [6.07, 6.45) is 0. The Kier molecular flexibility index (Phi) is 5.71. The summed E-state index contributed by atoms with van der Waals surface area (Å²) >= 11 is 0. The Morgan fingerprint density at radius 1 is 0.833 bits per heavy atom. The van der Waals surface area contributed by atoms with Crippen LogP contribution in [0.5, 0.6) is 5.75 Å². The van der Waals surface area contributed by atoms with Crippen LogP contribution >= 0.6 is 0 Å². The number of nitrogens with one attached hydrogen (secondary N) is 1. The van der Waals surface area contributed by atoms with E-state index in [1.807, 2.05) is 12.1 Å². The van der Waals surface area contributed by atoms with Crippen LogP contribution in [0.15, 0.2) is 71.6 Å². The average Bonchev–Trinajstić information content (AvgIpc) is 2.80. The van der Waals surface area contributed by atoms with Gasteiger partial charge < -0.3 is 14.5 Å². The van der Waals surface area contributed by atoms with E-state index in [1.54, 1.807) is 37.4 Å². The van der Waals surface area contributed by atoms with Crippen molar-refractivity contribution < 1.29 is 13.2 Å². The first kappa shape index (κ1) is 20.0. The molecule has 0 saturated carbocycles. The number of ether oxygens (including phenoxy) is 1. The SMILES string of the molecule is COc1ccc(N2CCN(c3ccc(NS(=O)(=O)c4ccccc4)nn3)CC2)cc1. The molecule has 156 valence electrons. The molecule has 1 aliphatic rings. The van der Waals surface area contributed by atoms with E-state index in [1.165, 1.54) is 12.1 Å². The normalized spacial score (nSPS) is 14.4. The number of rotatable bonds is 6. The van der Waals surface area contributed by atoms with Crippen LogP contribution in [0.25, 0.3) is 0 Å². The molecule has 1 fully saturated rings. The highest BCUT2D eigenvalue weighted by molar-refractivity contribution is 7.92. The molecule has 1 N–H and O–H groups in total. The maximum atomic E-state index is 12.4. The molecular formula is C21H23N5O3S. The van der Waals surface area contributed by atoms with Crippen molar-refractivity contribution in [3.63, 3.8) is 0 Å². The van der Waals surface area contributed by atoms with Crippen LogP contribution in [0.1, 0.15) is 0 Å². The quantitative estimate of drug-likeness (QED) is 0.649. The molecule has 8 nitrogen and oxygen atoms in total. The largest absolute Gasteiger partial charge is 0.497 e. The molecule has 0 aliphatic carbocycles. The number of piperazine rings is 1. The van der Waals surface area contributed by atoms with E-state index in [0.717, 1.165) is 43.4 Å². The Hall–Kier alpha value is -3.33. The van der Waals surface area contributed by atoms with Crippen molar-refractivity contribution in [3.05, 3.63) is 66.7 Å². The van der Waals surface area contributed by atoms with E-state index in [9.17, 15) is 8.42 Å². The van der Waals surface area contributed by atoms with Gasteiger partial charge in [-0.15, -0.1) is 10.2 Å². The lowest BCUT2D eigenvalue weighted by atomic mass is 10.2. The standard InChI is InChI=1S/C21H23N5O3S/c1-29-18-9-7-17(8-10-18)25-13-15-26(16-14-25)21-12-11-20(22-23-21)24-30(27,28)19-5-3-2-4-6-19/h2-12H,13-16H2,1H3,(H,22,24). The van der Waals surface area contributed by atoms with E-state index in [-0.39, 0.29) is 10.7 Å². The molecule has 0 radical (unpaired) electrons. The monoisotopic (exact) mass is 425 g/mol. The molecule has 1 saturated heterocycles. The van der Waals surface area contributed by atoms with Gasteiger partial charge >= 0.3 is 0 Å². The topological polar surface area (TPSA) is 87.7 Å². The van der Waals surface area contributed by atoms with Gasteiger partial charge in [0, 0.05) is 31.9 Å². The molecule has 30 heavy (non-hydrogen) atoms. The zero-order valence-corrected chi connectivity index (χ0v) is 17.4. The van der Waals surface area contributed by atoms with Gasteiger partial charge in [0.25, 0.3) is 10.0 Å². The lowest BCUT2D eigenvalue weighted by Gasteiger charge is -2.36. The second-order valence-corrected chi connectivity index (χ2v) is 8.55. The summed E-state index contributed by atoms with van der Waals surface area (Å²) in [5.74, 6) is 1.77. The third kappa shape index (κ3) is 4.46. The molecule has 0 amide bonds. The van der Waals surface area contributed by atoms with Crippen LogP contribution < -0.4 is 19.3 Å². The maximum Gasteiger partial charge on any atom is 0.263 e. The number of sulfonamides is 1. The van der Waals surface area contributed by atoms with Gasteiger partial charge in [0.2, 0.25) is 0 Å². The van der Waals surface area contributed by atoms with Gasteiger partial charge in [-0.2, -0.15) is 0 Å². The van der Waals surface area contributed by atoms with E-state index >= 15 is 0 Å². The van der Waals surface area contributed by atoms with Crippen molar-refractivity contribution in [2.75, 3.05) is 47.8 Å². The Bertz CT molecular complexity index is 1070. The number of hydrogen-bond donors (Lipinski definition) is 1. The van der Waals surface area contributed by atoms with Crippen LogP contribution in [-0.4, -0.2) is 51.9 Å². The van der Waals surface area contributed by atoms with Crippen molar-refractivity contribution in [2.24, 2.45) is 0 Å². The van der Waals surface area contributed by atoms with Gasteiger partial charge in [0.05, 0.1) is 12.0 Å². The van der Waals surface area contributed by atoms with Gasteiger partial charge in [-0.1, -0.05) is 18.2 Å². The minimum atomic E-state index is -3.68. The summed E-state index contributed by atoms with van der Waals surface area (Å²) < 4.78 is 32.5. The first-order valence-corrected chi connectivity index (χ1v) is 11.1.